The number of hydrogen-bond acceptors (Lipinski definition) is 6. The van der Waals surface area contributed by atoms with Crippen LogP contribution in [0, 0.1) is 11.7 Å². The molecule has 9 nitrogen and oxygen atoms in total. The van der Waals surface area contributed by atoms with Gasteiger partial charge in [0.05, 0.1) is 6.04 Å². The van der Waals surface area contributed by atoms with E-state index in [4.69, 9.17) is 9.90 Å². The second-order valence-corrected chi connectivity index (χ2v) is 7.94. The monoisotopic (exact) mass is 488 g/mol. The van der Waals surface area contributed by atoms with Crippen LogP contribution in [0.2, 0.25) is 0 Å². The number of nitrogens with zero attached hydrogens (tertiary/aromatic N) is 3. The standard InChI is InChI=1S/C19H23FN4O3.C2HF3O2/c1-11-8-14(23(2)10-11)17-22-15(16(25)19(27)24(17)3)18(26)21-9-12-4-6-13(20)7-5-12;3-2(4,5)1(6)7/h4-7,11,14,25H,8-10H2,1-3H3,(H,21,26);(H,6,7)/t11-,14+;/m1./s1. The molecule has 34 heavy (non-hydrogen) atoms. The predicted octanol–water partition coefficient (Wildman–Crippen LogP) is 2.20. The Morgan fingerprint density at radius 3 is 2.24 bits per heavy atom. The summed E-state index contributed by atoms with van der Waals surface area (Å²) in [4.78, 5) is 40.2. The van der Waals surface area contributed by atoms with Crippen LogP contribution in [-0.2, 0) is 18.4 Å². The Labute approximate surface area is 191 Å². The zero-order valence-electron chi connectivity index (χ0n) is 18.6. The summed E-state index contributed by atoms with van der Waals surface area (Å²) in [5.41, 5.74) is -0.249. The number of aromatic nitrogens is 2. The Morgan fingerprint density at radius 1 is 1.21 bits per heavy atom. The highest BCUT2D eigenvalue weighted by atomic mass is 19.4. The number of rotatable bonds is 4. The fraction of sp³-hybridized carbons (Fsp3) is 0.429. The van der Waals surface area contributed by atoms with E-state index in [0.717, 1.165) is 13.0 Å². The van der Waals surface area contributed by atoms with E-state index >= 15 is 0 Å². The van der Waals surface area contributed by atoms with Gasteiger partial charge in [0.25, 0.3) is 11.5 Å². The molecule has 1 aromatic heterocycles. The number of likely N-dealkylation sites (tertiary alicyclic amines) is 1. The number of nitrogens with one attached hydrogen (secondary N) is 1. The Hall–Kier alpha value is -3.48. The average Bonchev–Trinajstić information content (AvgIpc) is 3.09. The lowest BCUT2D eigenvalue weighted by molar-refractivity contribution is -0.192. The maximum absolute atomic E-state index is 13.0. The highest BCUT2D eigenvalue weighted by Gasteiger charge is 2.38. The van der Waals surface area contributed by atoms with Gasteiger partial charge in [-0.3, -0.25) is 19.1 Å². The highest BCUT2D eigenvalue weighted by Crippen LogP contribution is 2.32. The first-order valence-corrected chi connectivity index (χ1v) is 10.0. The van der Waals surface area contributed by atoms with Crippen molar-refractivity contribution in [3.63, 3.8) is 0 Å². The lowest BCUT2D eigenvalue weighted by atomic mass is 10.1. The number of halogens is 4. The average molecular weight is 488 g/mol. The van der Waals surface area contributed by atoms with E-state index in [2.05, 4.69) is 22.1 Å². The van der Waals surface area contributed by atoms with Crippen LogP contribution in [0.3, 0.4) is 0 Å². The zero-order valence-corrected chi connectivity index (χ0v) is 18.6. The molecule has 3 N–H and O–H groups in total. The van der Waals surface area contributed by atoms with Crippen LogP contribution < -0.4 is 10.9 Å². The van der Waals surface area contributed by atoms with E-state index in [0.29, 0.717) is 17.3 Å². The van der Waals surface area contributed by atoms with Crippen LogP contribution in [0.1, 0.15) is 41.3 Å². The summed E-state index contributed by atoms with van der Waals surface area (Å²) in [6, 6.07) is 5.59. The molecule has 2 aromatic rings. The van der Waals surface area contributed by atoms with Gasteiger partial charge >= 0.3 is 12.1 Å². The maximum atomic E-state index is 13.0. The van der Waals surface area contributed by atoms with Crippen molar-refractivity contribution < 1.29 is 37.4 Å². The smallest absolute Gasteiger partial charge is 0.490 e. The van der Waals surface area contributed by atoms with Gasteiger partial charge in [0.15, 0.2) is 5.69 Å². The molecule has 1 aromatic carbocycles. The molecular formula is C21H24F4N4O5. The molecule has 1 amide bonds. The number of hydrogen-bond donors (Lipinski definition) is 3. The van der Waals surface area contributed by atoms with Gasteiger partial charge in [0.2, 0.25) is 5.75 Å². The van der Waals surface area contributed by atoms with E-state index in [-0.39, 0.29) is 24.1 Å². The number of carbonyl (C=O) groups excluding carboxylic acids is 1. The molecule has 0 aliphatic carbocycles. The number of carbonyl (C=O) groups is 2. The van der Waals surface area contributed by atoms with Gasteiger partial charge < -0.3 is 15.5 Å². The van der Waals surface area contributed by atoms with Crippen LogP contribution in [0.25, 0.3) is 0 Å². The number of aliphatic carboxylic acids is 1. The fourth-order valence-corrected chi connectivity index (χ4v) is 3.49. The third kappa shape index (κ3) is 6.53. The van der Waals surface area contributed by atoms with E-state index in [9.17, 15) is 32.3 Å². The molecule has 2 heterocycles. The highest BCUT2D eigenvalue weighted by molar-refractivity contribution is 5.94. The van der Waals surface area contributed by atoms with Crippen molar-refractivity contribution in [3.8, 4) is 5.75 Å². The minimum Gasteiger partial charge on any atom is -0.501 e. The van der Waals surface area contributed by atoms with Crippen LogP contribution in [0.5, 0.6) is 5.75 Å². The molecule has 0 spiro atoms. The first-order valence-electron chi connectivity index (χ1n) is 10.0. The molecule has 0 bridgehead atoms. The molecule has 1 saturated heterocycles. The van der Waals surface area contributed by atoms with Crippen molar-refractivity contribution in [2.24, 2.45) is 13.0 Å². The second-order valence-electron chi connectivity index (χ2n) is 7.94. The Balaban J connectivity index is 0.000000509. The van der Waals surface area contributed by atoms with Crippen molar-refractivity contribution >= 4 is 11.9 Å². The maximum Gasteiger partial charge on any atom is 0.490 e. The molecule has 0 unspecified atom stereocenters. The third-order valence-electron chi connectivity index (χ3n) is 5.18. The number of benzene rings is 1. The molecule has 0 radical (unpaired) electrons. The van der Waals surface area contributed by atoms with Gasteiger partial charge in [0.1, 0.15) is 11.6 Å². The van der Waals surface area contributed by atoms with Crippen molar-refractivity contribution in [2.45, 2.75) is 32.1 Å². The quantitative estimate of drug-likeness (QED) is 0.564. The fourth-order valence-electron chi connectivity index (χ4n) is 3.49. The normalized spacial score (nSPS) is 18.2. The predicted molar refractivity (Wildman–Crippen MR) is 112 cm³/mol. The Kier molecular flexibility index (Phi) is 8.37. The topological polar surface area (TPSA) is 125 Å². The van der Waals surface area contributed by atoms with Crippen molar-refractivity contribution in [2.75, 3.05) is 13.6 Å². The van der Waals surface area contributed by atoms with E-state index in [1.165, 1.54) is 16.7 Å². The summed E-state index contributed by atoms with van der Waals surface area (Å²) in [6.07, 6.45) is -4.27. The minimum atomic E-state index is -5.08. The third-order valence-corrected chi connectivity index (χ3v) is 5.18. The summed E-state index contributed by atoms with van der Waals surface area (Å²) < 4.78 is 46.0. The number of amides is 1. The van der Waals surface area contributed by atoms with Crippen LogP contribution in [0.15, 0.2) is 29.1 Å². The number of carboxylic acid groups (broad SMARTS) is 1. The van der Waals surface area contributed by atoms with E-state index in [1.807, 2.05) is 7.05 Å². The number of aromatic hydroxyl groups is 1. The van der Waals surface area contributed by atoms with Crippen molar-refractivity contribution in [1.29, 1.82) is 0 Å². The first kappa shape index (κ1) is 26.8. The Bertz CT molecular complexity index is 1100. The molecule has 1 aliphatic rings. The van der Waals surface area contributed by atoms with Gasteiger partial charge in [-0.2, -0.15) is 13.2 Å². The number of carboxylic acids is 1. The SMILES string of the molecule is C[C@@H]1C[C@@H](c2nc(C(=O)NCc3ccc(F)cc3)c(O)c(=O)n2C)N(C)C1.O=C(O)C(F)(F)F. The van der Waals surface area contributed by atoms with Crippen molar-refractivity contribution in [3.05, 3.63) is 57.5 Å². The summed E-state index contributed by atoms with van der Waals surface area (Å²) >= 11 is 0. The van der Waals surface area contributed by atoms with Gasteiger partial charge in [0, 0.05) is 20.1 Å². The molecular weight excluding hydrogens is 464 g/mol. The molecule has 3 rings (SSSR count). The summed E-state index contributed by atoms with van der Waals surface area (Å²) in [5.74, 6) is -3.54. The second kappa shape index (κ2) is 10.6. The molecule has 1 fully saturated rings. The lowest BCUT2D eigenvalue weighted by Gasteiger charge is -2.21. The Morgan fingerprint density at radius 2 is 1.76 bits per heavy atom. The molecule has 2 atom stereocenters. The van der Waals surface area contributed by atoms with Crippen LogP contribution in [0.4, 0.5) is 17.6 Å². The summed E-state index contributed by atoms with van der Waals surface area (Å²) in [7, 11) is 3.49. The molecule has 13 heteroatoms. The minimum absolute atomic E-state index is 0.0954. The van der Waals surface area contributed by atoms with Gasteiger partial charge in [-0.1, -0.05) is 19.1 Å². The van der Waals surface area contributed by atoms with Crippen LogP contribution in [-0.4, -0.2) is 56.3 Å². The molecule has 186 valence electrons. The molecule has 0 saturated carbocycles. The van der Waals surface area contributed by atoms with E-state index < -0.39 is 29.4 Å². The number of alkyl halides is 3. The largest absolute Gasteiger partial charge is 0.501 e. The first-order chi connectivity index (χ1) is 15.7. The lowest BCUT2D eigenvalue weighted by Crippen LogP contribution is -2.33. The van der Waals surface area contributed by atoms with Crippen LogP contribution >= 0.6 is 0 Å². The molecule has 1 aliphatic heterocycles. The van der Waals surface area contributed by atoms with Gasteiger partial charge in [-0.05, 0) is 37.1 Å². The summed E-state index contributed by atoms with van der Waals surface area (Å²) in [6.45, 7) is 3.12. The zero-order chi connectivity index (χ0) is 25.8. The van der Waals surface area contributed by atoms with Gasteiger partial charge in [-0.25, -0.2) is 14.2 Å². The summed E-state index contributed by atoms with van der Waals surface area (Å²) in [5, 5.41) is 19.9. The van der Waals surface area contributed by atoms with Crippen molar-refractivity contribution in [1.82, 2.24) is 19.8 Å². The van der Waals surface area contributed by atoms with E-state index in [1.54, 1.807) is 19.2 Å². The van der Waals surface area contributed by atoms with Gasteiger partial charge in [-0.15, -0.1) is 0 Å².